The van der Waals surface area contributed by atoms with Gasteiger partial charge >= 0.3 is 0 Å². The van der Waals surface area contributed by atoms with Gasteiger partial charge in [0.1, 0.15) is 0 Å². The van der Waals surface area contributed by atoms with Crippen LogP contribution in [0.4, 0.5) is 5.69 Å². The Balaban J connectivity index is 2.01. The maximum absolute atomic E-state index is 13.4. The fraction of sp³-hybridized carbons (Fsp3) is 0.0435. The highest BCUT2D eigenvalue weighted by Gasteiger charge is 2.34. The molecule has 0 saturated carbocycles. The molecule has 3 nitrogen and oxygen atoms in total. The summed E-state index contributed by atoms with van der Waals surface area (Å²) in [5.41, 5.74) is 2.23. The van der Waals surface area contributed by atoms with Crippen LogP contribution in [0.1, 0.15) is 26.3 Å². The molecule has 0 radical (unpaired) electrons. The van der Waals surface area contributed by atoms with Crippen LogP contribution in [0.2, 0.25) is 5.02 Å². The molecule has 4 aromatic carbocycles. The molecule has 4 aromatic rings. The second-order valence-corrected chi connectivity index (χ2v) is 7.08. The predicted octanol–water partition coefficient (Wildman–Crippen LogP) is 5.47. The quantitative estimate of drug-likeness (QED) is 0.346. The summed E-state index contributed by atoms with van der Waals surface area (Å²) in [5, 5.41) is 3.78. The van der Waals surface area contributed by atoms with Gasteiger partial charge in [-0.25, -0.2) is 0 Å². The molecule has 1 heterocycles. The summed E-state index contributed by atoms with van der Waals surface area (Å²) < 4.78 is 0. The first-order chi connectivity index (χ1) is 13.1. The lowest BCUT2D eigenvalue weighted by atomic mass is 9.88. The summed E-state index contributed by atoms with van der Waals surface area (Å²) in [5.74, 6) is -0.333. The predicted molar refractivity (Wildman–Crippen MR) is 109 cm³/mol. The van der Waals surface area contributed by atoms with Gasteiger partial charge in [0.25, 0.3) is 5.91 Å². The van der Waals surface area contributed by atoms with Crippen LogP contribution in [0.25, 0.3) is 21.5 Å². The SMILES string of the molecule is CN1C(=O)c2c(C(=O)c3ccccc3)c3ccccc3c3c(Cl)ccc1c23. The van der Waals surface area contributed by atoms with Crippen molar-refractivity contribution in [2.45, 2.75) is 0 Å². The van der Waals surface area contributed by atoms with Gasteiger partial charge in [0.15, 0.2) is 5.78 Å². The van der Waals surface area contributed by atoms with Gasteiger partial charge in [0.05, 0.1) is 11.3 Å². The lowest BCUT2D eigenvalue weighted by molar-refractivity contribution is 0.0982. The molecule has 1 aliphatic heterocycles. The number of carbonyl (C=O) groups is 2. The largest absolute Gasteiger partial charge is 0.311 e. The van der Waals surface area contributed by atoms with Crippen LogP contribution in [-0.2, 0) is 0 Å². The Kier molecular flexibility index (Phi) is 3.36. The van der Waals surface area contributed by atoms with E-state index < -0.39 is 0 Å². The molecule has 0 aromatic heterocycles. The average molecular weight is 372 g/mol. The van der Waals surface area contributed by atoms with Crippen molar-refractivity contribution in [3.8, 4) is 0 Å². The van der Waals surface area contributed by atoms with Crippen LogP contribution in [0.5, 0.6) is 0 Å². The Morgan fingerprint density at radius 3 is 2.26 bits per heavy atom. The van der Waals surface area contributed by atoms with Gasteiger partial charge in [-0.05, 0) is 22.9 Å². The molecule has 0 fully saturated rings. The van der Waals surface area contributed by atoms with Crippen molar-refractivity contribution in [1.82, 2.24) is 0 Å². The number of carbonyl (C=O) groups excluding carboxylic acids is 2. The maximum atomic E-state index is 13.4. The number of hydrogen-bond donors (Lipinski definition) is 0. The van der Waals surface area contributed by atoms with Crippen LogP contribution in [0, 0.1) is 0 Å². The smallest absolute Gasteiger partial charge is 0.259 e. The molecule has 0 N–H and O–H groups in total. The zero-order valence-electron chi connectivity index (χ0n) is 14.5. The Bertz CT molecular complexity index is 1280. The van der Waals surface area contributed by atoms with Gasteiger partial charge in [0, 0.05) is 34.0 Å². The minimum absolute atomic E-state index is 0.154. The third-order valence-corrected chi connectivity index (χ3v) is 5.56. The molecule has 5 rings (SSSR count). The number of nitrogens with zero attached hydrogens (tertiary/aromatic N) is 1. The van der Waals surface area contributed by atoms with Gasteiger partial charge in [-0.15, -0.1) is 0 Å². The molecule has 130 valence electrons. The highest BCUT2D eigenvalue weighted by molar-refractivity contribution is 6.43. The summed E-state index contributed by atoms with van der Waals surface area (Å²) in [6.07, 6.45) is 0. The lowest BCUT2D eigenvalue weighted by Crippen LogP contribution is -2.22. The molecule has 0 bridgehead atoms. The summed E-state index contributed by atoms with van der Waals surface area (Å²) >= 11 is 6.54. The monoisotopic (exact) mass is 371 g/mol. The van der Waals surface area contributed by atoms with Crippen molar-refractivity contribution in [3.05, 3.63) is 88.4 Å². The molecule has 0 atom stereocenters. The van der Waals surface area contributed by atoms with E-state index in [4.69, 9.17) is 11.6 Å². The van der Waals surface area contributed by atoms with E-state index in [0.29, 0.717) is 21.7 Å². The summed E-state index contributed by atoms with van der Waals surface area (Å²) in [7, 11) is 1.73. The van der Waals surface area contributed by atoms with Crippen molar-refractivity contribution in [2.75, 3.05) is 11.9 Å². The zero-order valence-corrected chi connectivity index (χ0v) is 15.2. The number of anilines is 1. The third-order valence-electron chi connectivity index (χ3n) is 5.24. The normalized spacial score (nSPS) is 13.0. The summed E-state index contributed by atoms with van der Waals surface area (Å²) in [4.78, 5) is 28.2. The van der Waals surface area contributed by atoms with E-state index in [2.05, 4.69) is 0 Å². The number of hydrogen-bond acceptors (Lipinski definition) is 2. The molecule has 1 amide bonds. The van der Waals surface area contributed by atoms with Gasteiger partial charge in [-0.1, -0.05) is 66.2 Å². The molecule has 27 heavy (non-hydrogen) atoms. The first-order valence-corrected chi connectivity index (χ1v) is 9.02. The standard InChI is InChI=1S/C23H14ClNO2/c1-25-17-12-11-16(24)18-14-9-5-6-10-15(14)19(21(20(17)18)23(25)27)22(26)13-7-3-2-4-8-13/h2-12H,1H3. The summed E-state index contributed by atoms with van der Waals surface area (Å²) in [6.45, 7) is 0. The minimum atomic E-state index is -0.178. The van der Waals surface area contributed by atoms with Crippen LogP contribution < -0.4 is 4.90 Å². The number of amides is 1. The number of ketones is 1. The molecule has 0 spiro atoms. The first-order valence-electron chi connectivity index (χ1n) is 8.64. The van der Waals surface area contributed by atoms with E-state index in [0.717, 1.165) is 27.2 Å². The van der Waals surface area contributed by atoms with Gasteiger partial charge < -0.3 is 4.90 Å². The minimum Gasteiger partial charge on any atom is -0.311 e. The van der Waals surface area contributed by atoms with E-state index in [9.17, 15) is 9.59 Å². The molecule has 0 unspecified atom stereocenters. The van der Waals surface area contributed by atoms with Crippen LogP contribution in [0.3, 0.4) is 0 Å². The molecular weight excluding hydrogens is 358 g/mol. The first kappa shape index (κ1) is 16.0. The van der Waals surface area contributed by atoms with Gasteiger partial charge in [-0.3, -0.25) is 9.59 Å². The highest BCUT2D eigenvalue weighted by atomic mass is 35.5. The van der Waals surface area contributed by atoms with Crippen molar-refractivity contribution in [3.63, 3.8) is 0 Å². The second kappa shape index (κ2) is 5.66. The fourth-order valence-electron chi connectivity index (χ4n) is 4.00. The molecule has 4 heteroatoms. The fourth-order valence-corrected chi connectivity index (χ4v) is 4.26. The Morgan fingerprint density at radius 2 is 1.52 bits per heavy atom. The molecule has 0 aliphatic carbocycles. The second-order valence-electron chi connectivity index (χ2n) is 6.67. The molecule has 1 aliphatic rings. The maximum Gasteiger partial charge on any atom is 0.259 e. The third kappa shape index (κ3) is 2.09. The number of rotatable bonds is 2. The van der Waals surface area contributed by atoms with Crippen LogP contribution >= 0.6 is 11.6 Å². The van der Waals surface area contributed by atoms with E-state index >= 15 is 0 Å². The van der Waals surface area contributed by atoms with Crippen LogP contribution in [-0.4, -0.2) is 18.7 Å². The van der Waals surface area contributed by atoms with Crippen molar-refractivity contribution >= 4 is 50.5 Å². The number of halogens is 1. The van der Waals surface area contributed by atoms with Gasteiger partial charge in [-0.2, -0.15) is 0 Å². The Labute approximate surface area is 160 Å². The summed E-state index contributed by atoms with van der Waals surface area (Å²) in [6, 6.07) is 20.3. The van der Waals surface area contributed by atoms with Crippen molar-refractivity contribution in [1.29, 1.82) is 0 Å². The zero-order chi connectivity index (χ0) is 18.7. The van der Waals surface area contributed by atoms with E-state index in [-0.39, 0.29) is 11.7 Å². The highest BCUT2D eigenvalue weighted by Crippen LogP contribution is 2.46. The topological polar surface area (TPSA) is 37.4 Å². The Hall–Kier alpha value is -3.17. The Morgan fingerprint density at radius 1 is 0.852 bits per heavy atom. The van der Waals surface area contributed by atoms with E-state index in [1.54, 1.807) is 24.1 Å². The van der Waals surface area contributed by atoms with E-state index in [1.807, 2.05) is 54.6 Å². The van der Waals surface area contributed by atoms with Crippen molar-refractivity contribution in [2.24, 2.45) is 0 Å². The van der Waals surface area contributed by atoms with Crippen molar-refractivity contribution < 1.29 is 9.59 Å². The number of benzene rings is 4. The molecular formula is C23H14ClNO2. The van der Waals surface area contributed by atoms with Crippen LogP contribution in [0.15, 0.2) is 66.7 Å². The number of fused-ring (bicyclic) bond motifs is 2. The average Bonchev–Trinajstić information content (AvgIpc) is 2.95. The lowest BCUT2D eigenvalue weighted by Gasteiger charge is -2.13. The molecule has 0 saturated heterocycles. The van der Waals surface area contributed by atoms with E-state index in [1.165, 1.54) is 0 Å². The van der Waals surface area contributed by atoms with Gasteiger partial charge in [0.2, 0.25) is 0 Å².